The van der Waals surface area contributed by atoms with E-state index in [1.807, 2.05) is 18.2 Å². The Morgan fingerprint density at radius 2 is 1.74 bits per heavy atom. The molecule has 0 spiro atoms. The summed E-state index contributed by atoms with van der Waals surface area (Å²) < 4.78 is 0. The highest BCUT2D eigenvalue weighted by Gasteiger charge is 2.18. The fourth-order valence-electron chi connectivity index (χ4n) is 2.85. The first-order valence-electron chi connectivity index (χ1n) is 10.1. The van der Waals surface area contributed by atoms with Gasteiger partial charge in [-0.05, 0) is 23.0 Å². The van der Waals surface area contributed by atoms with Crippen molar-refractivity contribution in [1.82, 2.24) is 5.32 Å². The summed E-state index contributed by atoms with van der Waals surface area (Å²) in [6, 6.07) is 7.49. The molecule has 27 heavy (non-hydrogen) atoms. The maximum atomic E-state index is 12.0. The molecule has 1 amide bonds. The monoisotopic (exact) mass is 375 g/mol. The topological polar surface area (TPSA) is 69.6 Å². The van der Waals surface area contributed by atoms with Gasteiger partial charge in [0.1, 0.15) is 0 Å². The van der Waals surface area contributed by atoms with Gasteiger partial charge in [0.15, 0.2) is 0 Å². The Hall–Kier alpha value is -1.65. The summed E-state index contributed by atoms with van der Waals surface area (Å²) in [4.78, 5) is 12.0. The van der Waals surface area contributed by atoms with Crippen LogP contribution in [0.1, 0.15) is 77.3 Å². The molecule has 1 aromatic rings. The third kappa shape index (κ3) is 9.21. The fraction of sp³-hybridized carbons (Fsp3) is 0.609. The van der Waals surface area contributed by atoms with Gasteiger partial charge in [-0.25, -0.2) is 0 Å². The number of carbonyl (C=O) groups is 1. The van der Waals surface area contributed by atoms with Crippen molar-refractivity contribution in [1.29, 1.82) is 0 Å². The van der Waals surface area contributed by atoms with E-state index in [2.05, 4.69) is 45.1 Å². The Labute approximate surface area is 164 Å². The minimum Gasteiger partial charge on any atom is -0.394 e. The second kappa shape index (κ2) is 11.9. The highest BCUT2D eigenvalue weighted by Crippen LogP contribution is 2.22. The Morgan fingerprint density at radius 1 is 1.11 bits per heavy atom. The SMILES string of the molecule is CCCCCCCC(=O)N[C@@H](CO)[C@H](O)/C=C/c1ccc(C(C)(C)C)cc1. The average Bonchev–Trinajstić information content (AvgIpc) is 2.63. The van der Waals surface area contributed by atoms with Crippen LogP contribution in [0.15, 0.2) is 30.3 Å². The number of unbranched alkanes of at least 4 members (excludes halogenated alkanes) is 4. The van der Waals surface area contributed by atoms with Crippen molar-refractivity contribution >= 4 is 12.0 Å². The van der Waals surface area contributed by atoms with Crippen molar-refractivity contribution in [2.45, 2.75) is 83.8 Å². The largest absolute Gasteiger partial charge is 0.394 e. The molecular weight excluding hydrogens is 338 g/mol. The number of benzene rings is 1. The number of amides is 1. The molecule has 3 N–H and O–H groups in total. The lowest BCUT2D eigenvalue weighted by Crippen LogP contribution is -2.45. The number of hydrogen-bond donors (Lipinski definition) is 3. The molecule has 0 aliphatic carbocycles. The van der Waals surface area contributed by atoms with Crippen LogP contribution in [0.3, 0.4) is 0 Å². The van der Waals surface area contributed by atoms with Crippen molar-refractivity contribution in [3.05, 3.63) is 41.5 Å². The van der Waals surface area contributed by atoms with Gasteiger partial charge in [-0.1, -0.05) is 89.8 Å². The number of aliphatic hydroxyl groups excluding tert-OH is 2. The van der Waals surface area contributed by atoms with Crippen LogP contribution in [0.5, 0.6) is 0 Å². The predicted octanol–water partition coefficient (Wildman–Crippen LogP) is 4.20. The smallest absolute Gasteiger partial charge is 0.220 e. The fourth-order valence-corrected chi connectivity index (χ4v) is 2.85. The summed E-state index contributed by atoms with van der Waals surface area (Å²) >= 11 is 0. The standard InChI is InChI=1S/C23H37NO3/c1-5-6-7-8-9-10-22(27)24-20(17-25)21(26)16-13-18-11-14-19(15-12-18)23(2,3)4/h11-16,20-21,25-26H,5-10,17H2,1-4H3,(H,24,27)/b16-13+/t20-,21+/m0/s1. The third-order valence-electron chi connectivity index (χ3n) is 4.73. The number of carbonyl (C=O) groups excluding carboxylic acids is 1. The molecule has 4 nitrogen and oxygen atoms in total. The van der Waals surface area contributed by atoms with E-state index in [4.69, 9.17) is 0 Å². The predicted molar refractivity (Wildman–Crippen MR) is 113 cm³/mol. The maximum Gasteiger partial charge on any atom is 0.220 e. The zero-order chi connectivity index (χ0) is 20.3. The summed E-state index contributed by atoms with van der Waals surface area (Å²) in [5.74, 6) is -0.118. The summed E-state index contributed by atoms with van der Waals surface area (Å²) in [7, 11) is 0. The zero-order valence-corrected chi connectivity index (χ0v) is 17.4. The van der Waals surface area contributed by atoms with Crippen LogP contribution in [0.4, 0.5) is 0 Å². The van der Waals surface area contributed by atoms with Gasteiger partial charge in [-0.15, -0.1) is 0 Å². The van der Waals surface area contributed by atoms with E-state index >= 15 is 0 Å². The Morgan fingerprint density at radius 3 is 2.30 bits per heavy atom. The van der Waals surface area contributed by atoms with E-state index in [9.17, 15) is 15.0 Å². The van der Waals surface area contributed by atoms with E-state index in [-0.39, 0.29) is 17.9 Å². The van der Waals surface area contributed by atoms with Crippen LogP contribution in [0.25, 0.3) is 6.08 Å². The first kappa shape index (κ1) is 23.4. The lowest BCUT2D eigenvalue weighted by molar-refractivity contribution is -0.123. The molecule has 0 aliphatic heterocycles. The Bertz CT molecular complexity index is 572. The van der Waals surface area contributed by atoms with Gasteiger partial charge in [0, 0.05) is 6.42 Å². The molecule has 1 rings (SSSR count). The third-order valence-corrected chi connectivity index (χ3v) is 4.73. The van der Waals surface area contributed by atoms with E-state index < -0.39 is 12.1 Å². The molecule has 2 atom stereocenters. The van der Waals surface area contributed by atoms with Gasteiger partial charge < -0.3 is 15.5 Å². The van der Waals surface area contributed by atoms with Crippen molar-refractivity contribution in [2.75, 3.05) is 6.61 Å². The highest BCUT2D eigenvalue weighted by molar-refractivity contribution is 5.76. The molecule has 0 unspecified atom stereocenters. The second-order valence-corrected chi connectivity index (χ2v) is 8.24. The molecule has 0 aromatic heterocycles. The van der Waals surface area contributed by atoms with Crippen LogP contribution < -0.4 is 5.32 Å². The molecule has 4 heteroatoms. The maximum absolute atomic E-state index is 12.0. The Balaban J connectivity index is 2.51. The molecule has 1 aromatic carbocycles. The molecule has 0 fully saturated rings. The number of rotatable bonds is 11. The summed E-state index contributed by atoms with van der Waals surface area (Å²) in [6.45, 7) is 8.36. The molecule has 0 saturated heterocycles. The van der Waals surface area contributed by atoms with Crippen molar-refractivity contribution in [3.8, 4) is 0 Å². The first-order chi connectivity index (χ1) is 12.8. The van der Waals surface area contributed by atoms with Gasteiger partial charge in [0.25, 0.3) is 0 Å². The molecule has 0 aliphatic rings. The summed E-state index contributed by atoms with van der Waals surface area (Å²) in [5.41, 5.74) is 2.32. The van der Waals surface area contributed by atoms with Crippen LogP contribution in [0, 0.1) is 0 Å². The first-order valence-corrected chi connectivity index (χ1v) is 10.1. The van der Waals surface area contributed by atoms with Gasteiger partial charge in [0.05, 0.1) is 18.8 Å². The minimum absolute atomic E-state index is 0.102. The molecule has 152 valence electrons. The van der Waals surface area contributed by atoms with Crippen molar-refractivity contribution in [2.24, 2.45) is 0 Å². The molecule has 0 saturated carbocycles. The van der Waals surface area contributed by atoms with Gasteiger partial charge >= 0.3 is 0 Å². The van der Waals surface area contributed by atoms with Crippen LogP contribution >= 0.6 is 0 Å². The molecular formula is C23H37NO3. The summed E-state index contributed by atoms with van der Waals surface area (Å²) in [5, 5.41) is 22.5. The zero-order valence-electron chi connectivity index (χ0n) is 17.4. The molecule has 0 heterocycles. The minimum atomic E-state index is -0.929. The van der Waals surface area contributed by atoms with Gasteiger partial charge in [-0.3, -0.25) is 4.79 Å². The Kier molecular flexibility index (Phi) is 10.3. The lowest BCUT2D eigenvalue weighted by atomic mass is 9.87. The van der Waals surface area contributed by atoms with Gasteiger partial charge in [0.2, 0.25) is 5.91 Å². The molecule has 0 bridgehead atoms. The van der Waals surface area contributed by atoms with E-state index in [1.54, 1.807) is 6.08 Å². The van der Waals surface area contributed by atoms with E-state index in [0.717, 1.165) is 24.8 Å². The highest BCUT2D eigenvalue weighted by atomic mass is 16.3. The lowest BCUT2D eigenvalue weighted by Gasteiger charge is -2.20. The normalized spacial score (nSPS) is 14.3. The molecule has 0 radical (unpaired) electrons. The second-order valence-electron chi connectivity index (χ2n) is 8.24. The van der Waals surface area contributed by atoms with Gasteiger partial charge in [-0.2, -0.15) is 0 Å². The number of hydrogen-bond acceptors (Lipinski definition) is 3. The quantitative estimate of drug-likeness (QED) is 0.508. The average molecular weight is 376 g/mol. The van der Waals surface area contributed by atoms with Crippen molar-refractivity contribution < 1.29 is 15.0 Å². The van der Waals surface area contributed by atoms with E-state index in [0.29, 0.717) is 6.42 Å². The van der Waals surface area contributed by atoms with Crippen molar-refractivity contribution in [3.63, 3.8) is 0 Å². The van der Waals surface area contributed by atoms with Crippen LogP contribution in [0.2, 0.25) is 0 Å². The van der Waals surface area contributed by atoms with Crippen LogP contribution in [-0.4, -0.2) is 34.9 Å². The number of aliphatic hydroxyl groups is 2. The van der Waals surface area contributed by atoms with Crippen LogP contribution in [-0.2, 0) is 10.2 Å². The summed E-state index contributed by atoms with van der Waals surface area (Å²) in [6.07, 6.45) is 8.34. The number of nitrogens with one attached hydrogen (secondary N) is 1. The van der Waals surface area contributed by atoms with E-state index in [1.165, 1.54) is 18.4 Å².